The zero-order chi connectivity index (χ0) is 22.1. The number of likely N-dealkylation sites (N-methyl/N-ethyl adjacent to an activating group) is 1. The van der Waals surface area contributed by atoms with Crippen molar-refractivity contribution in [2.24, 2.45) is 4.99 Å². The van der Waals surface area contributed by atoms with Gasteiger partial charge in [-0.25, -0.2) is 4.98 Å². The lowest BCUT2D eigenvalue weighted by molar-refractivity contribution is 0.223. The highest BCUT2D eigenvalue weighted by Crippen LogP contribution is 2.19. The van der Waals surface area contributed by atoms with Crippen LogP contribution in [-0.2, 0) is 6.54 Å². The summed E-state index contributed by atoms with van der Waals surface area (Å²) < 4.78 is 11.2. The van der Waals surface area contributed by atoms with Gasteiger partial charge in [-0.2, -0.15) is 0 Å². The van der Waals surface area contributed by atoms with Crippen LogP contribution in [-0.4, -0.2) is 75.9 Å². The average Bonchev–Trinajstić information content (AvgIpc) is 2.80. The van der Waals surface area contributed by atoms with Crippen molar-refractivity contribution in [2.45, 2.75) is 19.6 Å². The van der Waals surface area contributed by atoms with Crippen LogP contribution in [0.2, 0.25) is 0 Å². The maximum atomic E-state index is 5.96. The Hall–Kier alpha value is -2.27. The van der Waals surface area contributed by atoms with Gasteiger partial charge >= 0.3 is 0 Å². The van der Waals surface area contributed by atoms with Gasteiger partial charge in [-0.05, 0) is 43.8 Å². The molecule has 0 bridgehead atoms. The van der Waals surface area contributed by atoms with Crippen LogP contribution < -0.4 is 25.0 Å². The van der Waals surface area contributed by atoms with E-state index in [1.807, 2.05) is 43.5 Å². The van der Waals surface area contributed by atoms with E-state index in [9.17, 15) is 0 Å². The third-order valence-corrected chi connectivity index (χ3v) is 5.26. The smallest absolute Gasteiger partial charge is 0.191 e. The number of ether oxygens (including phenoxy) is 2. The second-order valence-electron chi connectivity index (χ2n) is 7.73. The number of nitrogens with one attached hydrogen (secondary N) is 2. The van der Waals surface area contributed by atoms with Gasteiger partial charge in [0.05, 0.1) is 13.7 Å². The maximum Gasteiger partial charge on any atom is 0.191 e. The monoisotopic (exact) mass is 554 g/mol. The molecule has 1 aliphatic heterocycles. The Balaban J connectivity index is 0.00000363. The summed E-state index contributed by atoms with van der Waals surface area (Å²) in [5.41, 5.74) is 1.17. The molecule has 2 aromatic rings. The molecular weight excluding hydrogens is 519 g/mol. The second-order valence-corrected chi connectivity index (χ2v) is 7.73. The normalized spacial score (nSPS) is 15.5. The molecule has 1 fully saturated rings. The van der Waals surface area contributed by atoms with Crippen LogP contribution in [0.1, 0.15) is 12.5 Å². The Kier molecular flexibility index (Phi) is 10.8. The van der Waals surface area contributed by atoms with Crippen molar-refractivity contribution < 1.29 is 9.47 Å². The number of hydrogen-bond donors (Lipinski definition) is 2. The van der Waals surface area contributed by atoms with Gasteiger partial charge in [0, 0.05) is 52.0 Å². The third-order valence-electron chi connectivity index (χ3n) is 5.26. The predicted octanol–water partition coefficient (Wildman–Crippen LogP) is 2.59. The molecule has 0 aliphatic carbocycles. The third kappa shape index (κ3) is 8.01. The van der Waals surface area contributed by atoms with Crippen molar-refractivity contribution >= 4 is 35.8 Å². The Morgan fingerprint density at radius 3 is 2.59 bits per heavy atom. The number of aliphatic imine (C=N–C) groups is 1. The second kappa shape index (κ2) is 13.3. The van der Waals surface area contributed by atoms with Crippen molar-refractivity contribution in [3.63, 3.8) is 0 Å². The fourth-order valence-electron chi connectivity index (χ4n) is 3.37. The standard InChI is InChI=1S/C23H34N6O2.HI/c1-18(31-21-7-5-6-20(15-21)30-4)16-26-23(24-2)27-17-19-8-9-25-22(14-19)29-12-10-28(3)11-13-29;/h5-9,14-15,18H,10-13,16-17H2,1-4H3,(H2,24,26,27);1H. The quantitative estimate of drug-likeness (QED) is 0.295. The summed E-state index contributed by atoms with van der Waals surface area (Å²) in [4.78, 5) is 13.6. The number of benzene rings is 1. The molecule has 1 aromatic heterocycles. The van der Waals surface area contributed by atoms with Crippen molar-refractivity contribution in [1.29, 1.82) is 0 Å². The maximum absolute atomic E-state index is 5.96. The van der Waals surface area contributed by atoms with E-state index in [0.29, 0.717) is 13.1 Å². The van der Waals surface area contributed by atoms with Crippen molar-refractivity contribution in [2.75, 3.05) is 58.8 Å². The Bertz CT molecular complexity index is 858. The summed E-state index contributed by atoms with van der Waals surface area (Å²) in [5, 5.41) is 6.69. The summed E-state index contributed by atoms with van der Waals surface area (Å²) in [6.45, 7) is 7.47. The van der Waals surface area contributed by atoms with Gasteiger partial charge in [0.15, 0.2) is 5.96 Å². The SMILES string of the molecule is CN=C(NCc1ccnc(N2CCN(C)CC2)c1)NCC(C)Oc1cccc(OC)c1.I. The molecule has 0 radical (unpaired) electrons. The van der Waals surface area contributed by atoms with Crippen molar-refractivity contribution in [1.82, 2.24) is 20.5 Å². The minimum Gasteiger partial charge on any atom is -0.497 e. The summed E-state index contributed by atoms with van der Waals surface area (Å²) >= 11 is 0. The fourth-order valence-corrected chi connectivity index (χ4v) is 3.37. The van der Waals surface area contributed by atoms with E-state index in [1.165, 1.54) is 5.56 Å². The lowest BCUT2D eigenvalue weighted by Crippen LogP contribution is -2.44. The van der Waals surface area contributed by atoms with Crippen LogP contribution in [0.5, 0.6) is 11.5 Å². The van der Waals surface area contributed by atoms with Gasteiger partial charge in [0.2, 0.25) is 0 Å². The van der Waals surface area contributed by atoms with Crippen LogP contribution in [0.15, 0.2) is 47.6 Å². The van der Waals surface area contributed by atoms with E-state index in [-0.39, 0.29) is 30.1 Å². The highest BCUT2D eigenvalue weighted by Gasteiger charge is 2.15. The number of aromatic nitrogens is 1. The summed E-state index contributed by atoms with van der Waals surface area (Å²) in [6.07, 6.45) is 1.85. The number of guanidine groups is 1. The lowest BCUT2D eigenvalue weighted by Gasteiger charge is -2.33. The van der Waals surface area contributed by atoms with E-state index in [1.54, 1.807) is 14.2 Å². The number of halogens is 1. The lowest BCUT2D eigenvalue weighted by atomic mass is 10.2. The number of pyridine rings is 1. The first kappa shape index (κ1) is 26.0. The van der Waals surface area contributed by atoms with Gasteiger partial charge in [0.25, 0.3) is 0 Å². The fraction of sp³-hybridized carbons (Fsp3) is 0.478. The van der Waals surface area contributed by atoms with E-state index in [2.05, 4.69) is 43.5 Å². The van der Waals surface area contributed by atoms with Gasteiger partial charge in [-0.15, -0.1) is 24.0 Å². The Morgan fingerprint density at radius 1 is 1.12 bits per heavy atom. The highest BCUT2D eigenvalue weighted by molar-refractivity contribution is 14.0. The van der Waals surface area contributed by atoms with E-state index >= 15 is 0 Å². The molecule has 32 heavy (non-hydrogen) atoms. The number of piperazine rings is 1. The number of hydrogen-bond acceptors (Lipinski definition) is 6. The molecule has 2 N–H and O–H groups in total. The molecule has 0 amide bonds. The zero-order valence-electron chi connectivity index (χ0n) is 19.4. The minimum absolute atomic E-state index is 0. The van der Waals surface area contributed by atoms with Crippen LogP contribution in [0.3, 0.4) is 0 Å². The molecule has 9 heteroatoms. The molecule has 176 valence electrons. The number of anilines is 1. The largest absolute Gasteiger partial charge is 0.497 e. The van der Waals surface area contributed by atoms with Gasteiger partial charge in [-0.3, -0.25) is 4.99 Å². The summed E-state index contributed by atoms with van der Waals surface area (Å²) in [5.74, 6) is 3.34. The molecule has 0 spiro atoms. The summed E-state index contributed by atoms with van der Waals surface area (Å²) in [7, 11) is 5.58. The topological polar surface area (TPSA) is 74.3 Å². The Labute approximate surface area is 208 Å². The first-order valence-corrected chi connectivity index (χ1v) is 10.7. The number of rotatable bonds is 8. The molecule has 1 aliphatic rings. The number of methoxy groups -OCH3 is 1. The first-order chi connectivity index (χ1) is 15.1. The van der Waals surface area contributed by atoms with Gasteiger partial charge in [-0.1, -0.05) is 6.07 Å². The minimum atomic E-state index is -0.0320. The van der Waals surface area contributed by atoms with Crippen LogP contribution in [0, 0.1) is 0 Å². The van der Waals surface area contributed by atoms with E-state index in [4.69, 9.17) is 9.47 Å². The molecule has 2 heterocycles. The molecule has 8 nitrogen and oxygen atoms in total. The van der Waals surface area contributed by atoms with Crippen molar-refractivity contribution in [3.8, 4) is 11.5 Å². The summed E-state index contributed by atoms with van der Waals surface area (Å²) in [6, 6.07) is 11.8. The van der Waals surface area contributed by atoms with Crippen molar-refractivity contribution in [3.05, 3.63) is 48.2 Å². The predicted molar refractivity (Wildman–Crippen MR) is 141 cm³/mol. The van der Waals surface area contributed by atoms with Crippen LogP contribution >= 0.6 is 24.0 Å². The molecule has 3 rings (SSSR count). The molecule has 1 unspecified atom stereocenters. The van der Waals surface area contributed by atoms with Crippen LogP contribution in [0.25, 0.3) is 0 Å². The molecular formula is C23H35IN6O2. The average molecular weight is 554 g/mol. The zero-order valence-corrected chi connectivity index (χ0v) is 21.7. The molecule has 1 aromatic carbocycles. The first-order valence-electron chi connectivity index (χ1n) is 10.7. The Morgan fingerprint density at radius 2 is 1.88 bits per heavy atom. The van der Waals surface area contributed by atoms with Gasteiger partial charge < -0.3 is 29.9 Å². The molecule has 1 saturated heterocycles. The van der Waals surface area contributed by atoms with Crippen LogP contribution in [0.4, 0.5) is 5.82 Å². The number of nitrogens with zero attached hydrogens (tertiary/aromatic N) is 4. The highest BCUT2D eigenvalue weighted by atomic mass is 127. The molecule has 1 atom stereocenters. The van der Waals surface area contributed by atoms with E-state index in [0.717, 1.165) is 49.5 Å². The van der Waals surface area contributed by atoms with Gasteiger partial charge in [0.1, 0.15) is 23.4 Å². The molecule has 0 saturated carbocycles. The van der Waals surface area contributed by atoms with E-state index < -0.39 is 0 Å².